The molecular formula is C16H26N2O2. The molecule has 0 saturated heterocycles. The lowest BCUT2D eigenvalue weighted by molar-refractivity contribution is 0.249. The Hall–Kier alpha value is -1.26. The van der Waals surface area contributed by atoms with Crippen LogP contribution in [-0.2, 0) is 13.0 Å². The van der Waals surface area contributed by atoms with Crippen LogP contribution >= 0.6 is 0 Å². The van der Waals surface area contributed by atoms with Gasteiger partial charge in [-0.1, -0.05) is 6.92 Å². The van der Waals surface area contributed by atoms with Crippen LogP contribution in [0.3, 0.4) is 0 Å². The molecule has 1 aliphatic heterocycles. The van der Waals surface area contributed by atoms with Crippen LogP contribution in [-0.4, -0.2) is 45.3 Å². The molecule has 0 spiro atoms. The highest BCUT2D eigenvalue weighted by Gasteiger charge is 2.18. The van der Waals surface area contributed by atoms with E-state index < -0.39 is 0 Å². The minimum atomic E-state index is 0.834. The molecule has 1 aromatic rings. The second-order valence-corrected chi connectivity index (χ2v) is 5.21. The van der Waals surface area contributed by atoms with E-state index in [2.05, 4.69) is 29.3 Å². The molecular weight excluding hydrogens is 252 g/mol. The molecule has 0 radical (unpaired) electrons. The van der Waals surface area contributed by atoms with Gasteiger partial charge in [0.2, 0.25) is 0 Å². The van der Waals surface area contributed by atoms with Crippen LogP contribution in [0.15, 0.2) is 12.1 Å². The predicted molar refractivity (Wildman–Crippen MR) is 81.7 cm³/mol. The third kappa shape index (κ3) is 3.64. The molecule has 4 heteroatoms. The highest BCUT2D eigenvalue weighted by atomic mass is 16.5. The van der Waals surface area contributed by atoms with Crippen LogP contribution in [0.4, 0.5) is 0 Å². The van der Waals surface area contributed by atoms with E-state index in [-0.39, 0.29) is 0 Å². The first-order chi connectivity index (χ1) is 9.78. The van der Waals surface area contributed by atoms with Crippen LogP contribution < -0.4 is 14.8 Å². The first-order valence-electron chi connectivity index (χ1n) is 7.45. The molecule has 0 aliphatic carbocycles. The maximum Gasteiger partial charge on any atom is 0.161 e. The molecule has 0 fully saturated rings. The van der Waals surface area contributed by atoms with Crippen molar-refractivity contribution in [2.75, 3.05) is 40.4 Å². The Kier molecular flexibility index (Phi) is 5.68. The van der Waals surface area contributed by atoms with Gasteiger partial charge in [-0.3, -0.25) is 4.90 Å². The van der Waals surface area contributed by atoms with Gasteiger partial charge in [-0.25, -0.2) is 0 Å². The molecule has 1 N–H and O–H groups in total. The molecule has 0 amide bonds. The molecule has 0 saturated carbocycles. The third-order valence-electron chi connectivity index (χ3n) is 3.88. The van der Waals surface area contributed by atoms with Crippen molar-refractivity contribution in [2.45, 2.75) is 26.3 Å². The number of benzene rings is 1. The molecule has 2 rings (SSSR count). The van der Waals surface area contributed by atoms with Gasteiger partial charge in [-0.2, -0.15) is 0 Å². The molecule has 0 unspecified atom stereocenters. The van der Waals surface area contributed by atoms with Crippen LogP contribution in [0.2, 0.25) is 0 Å². The summed E-state index contributed by atoms with van der Waals surface area (Å²) in [5.41, 5.74) is 2.77. The van der Waals surface area contributed by atoms with Gasteiger partial charge < -0.3 is 14.8 Å². The first-order valence-corrected chi connectivity index (χ1v) is 7.45. The fourth-order valence-corrected chi connectivity index (χ4v) is 2.74. The summed E-state index contributed by atoms with van der Waals surface area (Å²) in [4.78, 5) is 2.52. The van der Waals surface area contributed by atoms with Crippen molar-refractivity contribution in [3.63, 3.8) is 0 Å². The van der Waals surface area contributed by atoms with E-state index in [0.29, 0.717) is 0 Å². The standard InChI is InChI=1S/C16H26N2O2/c1-4-17-7-5-8-18-9-6-13-10-15(19-2)16(20-3)11-14(13)12-18/h10-11,17H,4-9,12H2,1-3H3. The van der Waals surface area contributed by atoms with Crippen LogP contribution in [0.1, 0.15) is 24.5 Å². The minimum absolute atomic E-state index is 0.834. The second kappa shape index (κ2) is 7.50. The highest BCUT2D eigenvalue weighted by molar-refractivity contribution is 5.48. The summed E-state index contributed by atoms with van der Waals surface area (Å²) >= 11 is 0. The summed E-state index contributed by atoms with van der Waals surface area (Å²) in [5, 5.41) is 3.38. The van der Waals surface area contributed by atoms with Gasteiger partial charge in [0.25, 0.3) is 0 Å². The fourth-order valence-electron chi connectivity index (χ4n) is 2.74. The first kappa shape index (κ1) is 15.1. The molecule has 0 bridgehead atoms. The van der Waals surface area contributed by atoms with Gasteiger partial charge in [0, 0.05) is 13.1 Å². The average molecular weight is 278 g/mol. The maximum absolute atomic E-state index is 5.40. The molecule has 0 atom stereocenters. The third-order valence-corrected chi connectivity index (χ3v) is 3.88. The van der Waals surface area contributed by atoms with Gasteiger partial charge in [-0.15, -0.1) is 0 Å². The van der Waals surface area contributed by atoms with E-state index in [9.17, 15) is 0 Å². The Morgan fingerprint density at radius 2 is 1.85 bits per heavy atom. The Morgan fingerprint density at radius 1 is 1.15 bits per heavy atom. The summed E-state index contributed by atoms with van der Waals surface area (Å²) in [5.74, 6) is 1.67. The number of hydrogen-bond acceptors (Lipinski definition) is 4. The SMILES string of the molecule is CCNCCCN1CCc2cc(OC)c(OC)cc2C1. The minimum Gasteiger partial charge on any atom is -0.493 e. The summed E-state index contributed by atoms with van der Waals surface area (Å²) in [6, 6.07) is 4.26. The second-order valence-electron chi connectivity index (χ2n) is 5.21. The van der Waals surface area contributed by atoms with Crippen LogP contribution in [0.25, 0.3) is 0 Å². The van der Waals surface area contributed by atoms with Crippen molar-refractivity contribution in [1.82, 2.24) is 10.2 Å². The van der Waals surface area contributed by atoms with Crippen molar-refractivity contribution < 1.29 is 9.47 Å². The van der Waals surface area contributed by atoms with E-state index in [1.54, 1.807) is 14.2 Å². The zero-order chi connectivity index (χ0) is 14.4. The number of rotatable bonds is 7. The quantitative estimate of drug-likeness (QED) is 0.774. The lowest BCUT2D eigenvalue weighted by Gasteiger charge is -2.29. The average Bonchev–Trinajstić information content (AvgIpc) is 2.50. The van der Waals surface area contributed by atoms with Gasteiger partial charge in [0.1, 0.15) is 0 Å². The normalized spacial score (nSPS) is 14.9. The monoisotopic (exact) mass is 278 g/mol. The van der Waals surface area contributed by atoms with E-state index in [1.807, 2.05) is 0 Å². The van der Waals surface area contributed by atoms with E-state index in [0.717, 1.165) is 50.6 Å². The van der Waals surface area contributed by atoms with Gasteiger partial charge in [0.15, 0.2) is 11.5 Å². The Labute approximate surface area is 122 Å². The number of hydrogen-bond donors (Lipinski definition) is 1. The lowest BCUT2D eigenvalue weighted by atomic mass is 9.98. The number of nitrogens with one attached hydrogen (secondary N) is 1. The Balaban J connectivity index is 1.98. The number of ether oxygens (including phenoxy) is 2. The lowest BCUT2D eigenvalue weighted by Crippen LogP contribution is -2.32. The van der Waals surface area contributed by atoms with Gasteiger partial charge >= 0.3 is 0 Å². The van der Waals surface area contributed by atoms with Crippen molar-refractivity contribution in [2.24, 2.45) is 0 Å². The summed E-state index contributed by atoms with van der Waals surface area (Å²) in [7, 11) is 3.39. The smallest absolute Gasteiger partial charge is 0.161 e. The van der Waals surface area contributed by atoms with Crippen LogP contribution in [0.5, 0.6) is 11.5 Å². The van der Waals surface area contributed by atoms with Crippen molar-refractivity contribution >= 4 is 0 Å². The maximum atomic E-state index is 5.40. The molecule has 4 nitrogen and oxygen atoms in total. The van der Waals surface area contributed by atoms with Gasteiger partial charge in [0.05, 0.1) is 14.2 Å². The molecule has 1 aliphatic rings. The number of fused-ring (bicyclic) bond motifs is 1. The van der Waals surface area contributed by atoms with E-state index in [1.165, 1.54) is 17.5 Å². The van der Waals surface area contributed by atoms with E-state index >= 15 is 0 Å². The van der Waals surface area contributed by atoms with Gasteiger partial charge in [-0.05, 0) is 55.7 Å². The molecule has 0 aromatic heterocycles. The Morgan fingerprint density at radius 3 is 2.50 bits per heavy atom. The molecule has 20 heavy (non-hydrogen) atoms. The summed E-state index contributed by atoms with van der Waals surface area (Å²) in [6.07, 6.45) is 2.30. The number of methoxy groups -OCH3 is 2. The van der Waals surface area contributed by atoms with Crippen molar-refractivity contribution in [3.8, 4) is 11.5 Å². The van der Waals surface area contributed by atoms with Crippen molar-refractivity contribution in [3.05, 3.63) is 23.3 Å². The zero-order valence-corrected chi connectivity index (χ0v) is 12.9. The topological polar surface area (TPSA) is 33.7 Å². The Bertz CT molecular complexity index is 435. The van der Waals surface area contributed by atoms with Crippen LogP contribution in [0, 0.1) is 0 Å². The van der Waals surface area contributed by atoms with E-state index in [4.69, 9.17) is 9.47 Å². The molecule has 1 aromatic carbocycles. The number of nitrogens with zero attached hydrogens (tertiary/aromatic N) is 1. The molecule has 1 heterocycles. The summed E-state index contributed by atoms with van der Waals surface area (Å²) in [6.45, 7) is 7.61. The predicted octanol–water partition coefficient (Wildman–Crippen LogP) is 2.06. The highest BCUT2D eigenvalue weighted by Crippen LogP contribution is 2.33. The largest absolute Gasteiger partial charge is 0.493 e. The van der Waals surface area contributed by atoms with Crippen molar-refractivity contribution in [1.29, 1.82) is 0 Å². The molecule has 112 valence electrons. The summed E-state index contributed by atoms with van der Waals surface area (Å²) < 4.78 is 10.8. The fraction of sp³-hybridized carbons (Fsp3) is 0.625. The zero-order valence-electron chi connectivity index (χ0n) is 12.9.